The lowest BCUT2D eigenvalue weighted by Gasteiger charge is -2.15. The summed E-state index contributed by atoms with van der Waals surface area (Å²) in [5.41, 5.74) is 6.99. The predicted molar refractivity (Wildman–Crippen MR) is 97.8 cm³/mol. The first kappa shape index (κ1) is 19.0. The van der Waals surface area contributed by atoms with Crippen LogP contribution in [0.15, 0.2) is 18.2 Å². The molecule has 0 radical (unpaired) electrons. The van der Waals surface area contributed by atoms with Crippen molar-refractivity contribution in [2.24, 2.45) is 11.7 Å². The number of anilines is 1. The maximum atomic E-state index is 12.2. The summed E-state index contributed by atoms with van der Waals surface area (Å²) in [6, 6.07) is 5.36. The molecule has 3 rings (SSSR count). The molecule has 4 N–H and O–H groups in total. The highest BCUT2D eigenvalue weighted by molar-refractivity contribution is 6.34. The zero-order valence-corrected chi connectivity index (χ0v) is 15.0. The van der Waals surface area contributed by atoms with E-state index in [4.69, 9.17) is 17.3 Å². The van der Waals surface area contributed by atoms with Gasteiger partial charge in [-0.25, -0.2) is 0 Å². The molecule has 0 bridgehead atoms. The fourth-order valence-electron chi connectivity index (χ4n) is 3.04. The van der Waals surface area contributed by atoms with Crippen LogP contribution >= 0.6 is 24.0 Å². The van der Waals surface area contributed by atoms with E-state index in [2.05, 4.69) is 10.6 Å². The molecular weight excluding hydrogens is 349 g/mol. The van der Waals surface area contributed by atoms with Crippen molar-refractivity contribution < 1.29 is 9.59 Å². The second-order valence-corrected chi connectivity index (χ2v) is 6.96. The van der Waals surface area contributed by atoms with Gasteiger partial charge in [-0.1, -0.05) is 18.0 Å². The number of amides is 2. The zero-order valence-electron chi connectivity index (χ0n) is 13.4. The smallest absolute Gasteiger partial charge is 0.253 e. The molecule has 2 aliphatic carbocycles. The molecule has 24 heavy (non-hydrogen) atoms. The van der Waals surface area contributed by atoms with Gasteiger partial charge in [0.1, 0.15) is 0 Å². The summed E-state index contributed by atoms with van der Waals surface area (Å²) >= 11 is 6.10. The SMILES string of the molecule is Cl.N[C@@H]1CCC[C@H]1CC(=O)Nc1ccc(Cl)c(C(=O)NC2CC2)c1. The Hall–Kier alpha value is -1.30. The normalized spacial score (nSPS) is 22.6. The van der Waals surface area contributed by atoms with E-state index < -0.39 is 0 Å². The molecule has 7 heteroatoms. The molecule has 0 aliphatic heterocycles. The van der Waals surface area contributed by atoms with Crippen molar-refractivity contribution in [1.29, 1.82) is 0 Å². The third-order valence-electron chi connectivity index (χ3n) is 4.57. The van der Waals surface area contributed by atoms with Crippen molar-refractivity contribution in [3.63, 3.8) is 0 Å². The molecule has 5 nitrogen and oxygen atoms in total. The molecule has 2 saturated carbocycles. The van der Waals surface area contributed by atoms with E-state index in [1.165, 1.54) is 0 Å². The number of hydrogen-bond acceptors (Lipinski definition) is 3. The zero-order chi connectivity index (χ0) is 16.4. The van der Waals surface area contributed by atoms with Crippen LogP contribution in [0, 0.1) is 5.92 Å². The van der Waals surface area contributed by atoms with Crippen LogP contribution in [0.2, 0.25) is 5.02 Å². The fourth-order valence-corrected chi connectivity index (χ4v) is 3.24. The minimum Gasteiger partial charge on any atom is -0.349 e. The van der Waals surface area contributed by atoms with Gasteiger partial charge in [-0.3, -0.25) is 9.59 Å². The van der Waals surface area contributed by atoms with Gasteiger partial charge in [-0.2, -0.15) is 0 Å². The van der Waals surface area contributed by atoms with Crippen LogP contribution in [0.4, 0.5) is 5.69 Å². The Kier molecular flexibility index (Phi) is 6.49. The average Bonchev–Trinajstić information content (AvgIpc) is 3.23. The van der Waals surface area contributed by atoms with Gasteiger partial charge in [0.15, 0.2) is 0 Å². The highest BCUT2D eigenvalue weighted by Crippen LogP contribution is 2.28. The van der Waals surface area contributed by atoms with Crippen LogP contribution < -0.4 is 16.4 Å². The van der Waals surface area contributed by atoms with Gasteiger partial charge >= 0.3 is 0 Å². The van der Waals surface area contributed by atoms with Gasteiger partial charge in [0.25, 0.3) is 5.91 Å². The molecule has 0 heterocycles. The molecular formula is C17H23Cl2N3O2. The summed E-state index contributed by atoms with van der Waals surface area (Å²) in [6.45, 7) is 0. The molecule has 2 amide bonds. The van der Waals surface area contributed by atoms with Crippen LogP contribution in [0.5, 0.6) is 0 Å². The van der Waals surface area contributed by atoms with Crippen LogP contribution in [-0.2, 0) is 4.79 Å². The van der Waals surface area contributed by atoms with E-state index >= 15 is 0 Å². The molecule has 1 aromatic rings. The van der Waals surface area contributed by atoms with E-state index in [-0.39, 0.29) is 42.2 Å². The quantitative estimate of drug-likeness (QED) is 0.743. The molecule has 1 aromatic carbocycles. The lowest BCUT2D eigenvalue weighted by molar-refractivity contribution is -0.117. The summed E-state index contributed by atoms with van der Waals surface area (Å²) in [4.78, 5) is 24.3. The second-order valence-electron chi connectivity index (χ2n) is 6.55. The number of halogens is 2. The largest absolute Gasteiger partial charge is 0.349 e. The molecule has 2 aliphatic rings. The minimum absolute atomic E-state index is 0. The monoisotopic (exact) mass is 371 g/mol. The van der Waals surface area contributed by atoms with Crippen molar-refractivity contribution in [2.45, 2.75) is 50.6 Å². The first-order chi connectivity index (χ1) is 11.0. The highest BCUT2D eigenvalue weighted by atomic mass is 35.5. The van der Waals surface area contributed by atoms with Crippen molar-refractivity contribution in [3.8, 4) is 0 Å². The maximum absolute atomic E-state index is 12.2. The van der Waals surface area contributed by atoms with Crippen LogP contribution in [0.25, 0.3) is 0 Å². The summed E-state index contributed by atoms with van der Waals surface area (Å²) in [5, 5.41) is 6.14. The van der Waals surface area contributed by atoms with Gasteiger partial charge in [-0.05, 0) is 49.8 Å². The molecule has 132 valence electrons. The summed E-state index contributed by atoms with van der Waals surface area (Å²) in [7, 11) is 0. The average molecular weight is 372 g/mol. The van der Waals surface area contributed by atoms with E-state index in [1.54, 1.807) is 18.2 Å². The second kappa shape index (κ2) is 8.19. The van der Waals surface area contributed by atoms with Gasteiger partial charge < -0.3 is 16.4 Å². The van der Waals surface area contributed by atoms with Crippen molar-refractivity contribution in [3.05, 3.63) is 28.8 Å². The summed E-state index contributed by atoms with van der Waals surface area (Å²) in [6.07, 6.45) is 5.54. The fraction of sp³-hybridized carbons (Fsp3) is 0.529. The van der Waals surface area contributed by atoms with Gasteiger partial charge in [0.2, 0.25) is 5.91 Å². The molecule has 0 unspecified atom stereocenters. The molecule has 0 aromatic heterocycles. The first-order valence-electron chi connectivity index (χ1n) is 8.19. The van der Waals surface area contributed by atoms with Gasteiger partial charge in [0.05, 0.1) is 10.6 Å². The number of carbonyl (C=O) groups excluding carboxylic acids is 2. The first-order valence-corrected chi connectivity index (χ1v) is 8.56. The topological polar surface area (TPSA) is 84.2 Å². The van der Waals surface area contributed by atoms with Crippen molar-refractivity contribution >= 4 is 41.5 Å². The number of rotatable bonds is 5. The number of nitrogens with two attached hydrogens (primary N) is 1. The van der Waals surface area contributed by atoms with Crippen molar-refractivity contribution in [1.82, 2.24) is 5.32 Å². The standard InChI is InChI=1S/C17H22ClN3O2.ClH/c18-14-7-6-12(9-13(14)17(23)21-11-4-5-11)20-16(22)8-10-2-1-3-15(10)19;/h6-7,9-11,15H,1-5,8,19H2,(H,20,22)(H,21,23);1H/t10-,15+;/m0./s1. The minimum atomic E-state index is -0.189. The van der Waals surface area contributed by atoms with E-state index in [0.29, 0.717) is 22.7 Å². The Morgan fingerprint density at radius 3 is 2.58 bits per heavy atom. The van der Waals surface area contributed by atoms with Crippen LogP contribution in [0.3, 0.4) is 0 Å². The number of carbonyl (C=O) groups is 2. The van der Waals surface area contributed by atoms with Gasteiger partial charge in [0, 0.05) is 24.2 Å². The number of benzene rings is 1. The number of nitrogens with one attached hydrogen (secondary N) is 2. The lowest BCUT2D eigenvalue weighted by Crippen LogP contribution is -2.28. The van der Waals surface area contributed by atoms with E-state index in [0.717, 1.165) is 32.1 Å². The van der Waals surface area contributed by atoms with E-state index in [9.17, 15) is 9.59 Å². The summed E-state index contributed by atoms with van der Waals surface area (Å²) < 4.78 is 0. The highest BCUT2D eigenvalue weighted by Gasteiger charge is 2.27. The molecule has 2 fully saturated rings. The van der Waals surface area contributed by atoms with Crippen LogP contribution in [-0.4, -0.2) is 23.9 Å². The molecule has 2 atom stereocenters. The van der Waals surface area contributed by atoms with Crippen LogP contribution in [0.1, 0.15) is 48.9 Å². The predicted octanol–water partition coefficient (Wildman–Crippen LogP) is 3.11. The lowest BCUT2D eigenvalue weighted by atomic mass is 10.00. The maximum Gasteiger partial charge on any atom is 0.253 e. The van der Waals surface area contributed by atoms with E-state index in [1.807, 2.05) is 0 Å². The Balaban J connectivity index is 0.00000208. The molecule has 0 spiro atoms. The van der Waals surface area contributed by atoms with Crippen molar-refractivity contribution in [2.75, 3.05) is 5.32 Å². The Morgan fingerprint density at radius 1 is 1.21 bits per heavy atom. The number of hydrogen-bond donors (Lipinski definition) is 3. The third kappa shape index (κ3) is 4.85. The summed E-state index contributed by atoms with van der Waals surface area (Å²) in [5.74, 6) is -0.00502. The van der Waals surface area contributed by atoms with Gasteiger partial charge in [-0.15, -0.1) is 12.4 Å². The molecule has 0 saturated heterocycles. The Bertz CT molecular complexity index is 620. The Labute approximate surface area is 153 Å². The third-order valence-corrected chi connectivity index (χ3v) is 4.90. The Morgan fingerprint density at radius 2 is 1.96 bits per heavy atom.